The maximum Gasteiger partial charge on any atom is 0.191 e. The fourth-order valence-corrected chi connectivity index (χ4v) is 2.61. The molecule has 2 heterocycles. The highest BCUT2D eigenvalue weighted by molar-refractivity contribution is 7.07. The van der Waals surface area contributed by atoms with Crippen LogP contribution in [0.4, 0.5) is 0 Å². The Morgan fingerprint density at radius 1 is 1.50 bits per heavy atom. The Kier molecular flexibility index (Phi) is 5.57. The van der Waals surface area contributed by atoms with Crippen LogP contribution in [-0.2, 0) is 19.2 Å². The van der Waals surface area contributed by atoms with Crippen molar-refractivity contribution in [3.8, 4) is 0 Å². The third-order valence-corrected chi connectivity index (χ3v) is 4.00. The van der Waals surface area contributed by atoms with Crippen molar-refractivity contribution < 1.29 is 5.11 Å². The Hall–Kier alpha value is -1.86. The first-order chi connectivity index (χ1) is 10.5. The van der Waals surface area contributed by atoms with Crippen LogP contribution in [0.3, 0.4) is 0 Å². The third kappa shape index (κ3) is 4.57. The van der Waals surface area contributed by atoms with Gasteiger partial charge in [0.05, 0.1) is 19.3 Å². The molecule has 0 aliphatic heterocycles. The molecule has 0 saturated carbocycles. The molecule has 0 saturated heterocycles. The topological polar surface area (TPSA) is 74.5 Å². The summed E-state index contributed by atoms with van der Waals surface area (Å²) in [5.74, 6) is 0.692. The second kappa shape index (κ2) is 7.42. The minimum absolute atomic E-state index is 0.355. The van der Waals surface area contributed by atoms with Gasteiger partial charge in [0.25, 0.3) is 0 Å². The van der Waals surface area contributed by atoms with Gasteiger partial charge in [-0.05, 0) is 36.2 Å². The summed E-state index contributed by atoms with van der Waals surface area (Å²) in [6.45, 7) is 5.52. The van der Waals surface area contributed by atoms with E-state index >= 15 is 0 Å². The molecule has 1 atom stereocenters. The van der Waals surface area contributed by atoms with Crippen molar-refractivity contribution in [2.75, 3.05) is 13.1 Å². The number of aliphatic imine (C=N–C) groups is 1. The maximum atomic E-state index is 10.6. The van der Waals surface area contributed by atoms with E-state index in [1.54, 1.807) is 29.1 Å². The highest BCUT2D eigenvalue weighted by Crippen LogP contribution is 2.18. The van der Waals surface area contributed by atoms with E-state index in [4.69, 9.17) is 0 Å². The lowest BCUT2D eigenvalue weighted by molar-refractivity contribution is 0.0616. The first-order valence-electron chi connectivity index (χ1n) is 7.26. The fourth-order valence-electron chi connectivity index (χ4n) is 1.95. The van der Waals surface area contributed by atoms with E-state index in [1.807, 2.05) is 25.5 Å². The molecule has 3 N–H and O–H groups in total. The number of aryl methyl sites for hydroxylation is 1. The molecule has 0 amide bonds. The fraction of sp³-hybridized carbons (Fsp3) is 0.467. The minimum Gasteiger partial charge on any atom is -0.383 e. The van der Waals surface area contributed by atoms with E-state index in [0.29, 0.717) is 19.0 Å². The highest BCUT2D eigenvalue weighted by atomic mass is 32.1. The molecule has 2 aromatic rings. The molecular formula is C15H23N5OS. The Morgan fingerprint density at radius 3 is 2.91 bits per heavy atom. The van der Waals surface area contributed by atoms with Crippen molar-refractivity contribution in [3.63, 3.8) is 0 Å². The van der Waals surface area contributed by atoms with Gasteiger partial charge in [-0.15, -0.1) is 0 Å². The Balaban J connectivity index is 1.97. The van der Waals surface area contributed by atoms with Crippen LogP contribution < -0.4 is 10.6 Å². The van der Waals surface area contributed by atoms with Crippen molar-refractivity contribution in [1.29, 1.82) is 0 Å². The summed E-state index contributed by atoms with van der Waals surface area (Å²) in [7, 11) is 1.83. The van der Waals surface area contributed by atoms with Crippen molar-refractivity contribution in [1.82, 2.24) is 20.4 Å². The van der Waals surface area contributed by atoms with Crippen molar-refractivity contribution in [3.05, 3.63) is 40.3 Å². The van der Waals surface area contributed by atoms with Crippen LogP contribution in [0, 0.1) is 0 Å². The summed E-state index contributed by atoms with van der Waals surface area (Å²) in [4.78, 5) is 4.53. The second-order valence-corrected chi connectivity index (χ2v) is 6.14. The molecule has 6 nitrogen and oxygen atoms in total. The van der Waals surface area contributed by atoms with Gasteiger partial charge in [0, 0.05) is 25.4 Å². The smallest absolute Gasteiger partial charge is 0.191 e. The van der Waals surface area contributed by atoms with Gasteiger partial charge in [-0.1, -0.05) is 0 Å². The number of aliphatic hydroxyl groups is 1. The zero-order valence-electron chi connectivity index (χ0n) is 13.2. The van der Waals surface area contributed by atoms with Crippen molar-refractivity contribution in [2.45, 2.75) is 26.0 Å². The minimum atomic E-state index is -1.01. The summed E-state index contributed by atoms with van der Waals surface area (Å²) < 4.78 is 1.68. The number of nitrogens with one attached hydrogen (secondary N) is 2. The SMILES string of the molecule is CCNC(=NCc1ccsc1)NCC(C)(O)c1cnn(C)c1. The standard InChI is InChI=1S/C15H23N5OS/c1-4-16-14(17-7-12-5-6-22-10-12)18-11-15(2,21)13-8-19-20(3)9-13/h5-6,8-10,21H,4,7,11H2,1-3H3,(H2,16,17,18). The molecule has 7 heteroatoms. The largest absolute Gasteiger partial charge is 0.383 e. The van der Waals surface area contributed by atoms with Crippen LogP contribution in [0.15, 0.2) is 34.2 Å². The Morgan fingerprint density at radius 2 is 2.32 bits per heavy atom. The highest BCUT2D eigenvalue weighted by Gasteiger charge is 2.24. The lowest BCUT2D eigenvalue weighted by Crippen LogP contribution is -2.44. The number of thiophene rings is 1. The molecule has 1 unspecified atom stereocenters. The Bertz CT molecular complexity index is 603. The van der Waals surface area contributed by atoms with Gasteiger partial charge in [-0.2, -0.15) is 16.4 Å². The summed E-state index contributed by atoms with van der Waals surface area (Å²) in [5.41, 5.74) is 0.949. The first-order valence-corrected chi connectivity index (χ1v) is 8.20. The average molecular weight is 321 g/mol. The first kappa shape index (κ1) is 16.5. The molecule has 0 radical (unpaired) electrons. The maximum absolute atomic E-state index is 10.6. The zero-order valence-corrected chi connectivity index (χ0v) is 14.0. The van der Waals surface area contributed by atoms with E-state index < -0.39 is 5.60 Å². The van der Waals surface area contributed by atoms with Gasteiger partial charge in [0.2, 0.25) is 0 Å². The van der Waals surface area contributed by atoms with Crippen LogP contribution in [0.5, 0.6) is 0 Å². The van der Waals surface area contributed by atoms with E-state index in [9.17, 15) is 5.11 Å². The van der Waals surface area contributed by atoms with E-state index in [2.05, 4.69) is 32.2 Å². The van der Waals surface area contributed by atoms with Gasteiger partial charge < -0.3 is 15.7 Å². The van der Waals surface area contributed by atoms with Crippen LogP contribution in [-0.4, -0.2) is 33.9 Å². The molecule has 0 aliphatic carbocycles. The summed E-state index contributed by atoms with van der Waals surface area (Å²) in [5, 5.41) is 25.2. The van der Waals surface area contributed by atoms with E-state index in [1.165, 1.54) is 5.56 Å². The number of aromatic nitrogens is 2. The molecule has 2 rings (SSSR count). The number of rotatable bonds is 6. The van der Waals surface area contributed by atoms with Crippen LogP contribution in [0.1, 0.15) is 25.0 Å². The lowest BCUT2D eigenvalue weighted by atomic mass is 10.00. The molecule has 0 aromatic carbocycles. The predicted molar refractivity (Wildman–Crippen MR) is 89.9 cm³/mol. The number of hydrogen-bond acceptors (Lipinski definition) is 4. The van der Waals surface area contributed by atoms with Gasteiger partial charge in [-0.3, -0.25) is 4.68 Å². The third-order valence-electron chi connectivity index (χ3n) is 3.27. The molecular weight excluding hydrogens is 298 g/mol. The van der Waals surface area contributed by atoms with Crippen molar-refractivity contribution >= 4 is 17.3 Å². The Labute approximate surface area is 134 Å². The number of guanidine groups is 1. The summed E-state index contributed by atoms with van der Waals surface area (Å²) in [6, 6.07) is 2.06. The molecule has 0 bridgehead atoms. The normalized spacial score (nSPS) is 14.6. The monoisotopic (exact) mass is 321 g/mol. The van der Waals surface area contributed by atoms with E-state index in [0.717, 1.165) is 12.1 Å². The zero-order chi connectivity index (χ0) is 16.0. The summed E-state index contributed by atoms with van der Waals surface area (Å²) >= 11 is 1.66. The molecule has 120 valence electrons. The molecule has 22 heavy (non-hydrogen) atoms. The van der Waals surface area contributed by atoms with Crippen LogP contribution in [0.25, 0.3) is 0 Å². The average Bonchev–Trinajstić information content (AvgIpc) is 3.13. The summed E-state index contributed by atoms with van der Waals surface area (Å²) in [6.07, 6.45) is 3.49. The van der Waals surface area contributed by atoms with Gasteiger partial charge >= 0.3 is 0 Å². The van der Waals surface area contributed by atoms with Gasteiger partial charge in [0.1, 0.15) is 5.60 Å². The van der Waals surface area contributed by atoms with Gasteiger partial charge in [0.15, 0.2) is 5.96 Å². The lowest BCUT2D eigenvalue weighted by Gasteiger charge is -2.23. The molecule has 0 fully saturated rings. The second-order valence-electron chi connectivity index (χ2n) is 5.36. The number of nitrogens with zero attached hydrogens (tertiary/aromatic N) is 3. The molecule has 0 spiro atoms. The van der Waals surface area contributed by atoms with Crippen LogP contribution >= 0.6 is 11.3 Å². The van der Waals surface area contributed by atoms with Gasteiger partial charge in [-0.25, -0.2) is 4.99 Å². The van der Waals surface area contributed by atoms with Crippen molar-refractivity contribution in [2.24, 2.45) is 12.0 Å². The molecule has 0 aliphatic rings. The number of hydrogen-bond donors (Lipinski definition) is 3. The van der Waals surface area contributed by atoms with Crippen LogP contribution in [0.2, 0.25) is 0 Å². The predicted octanol–water partition coefficient (Wildman–Crippen LogP) is 1.44. The molecule has 2 aromatic heterocycles. The van der Waals surface area contributed by atoms with E-state index in [-0.39, 0.29) is 0 Å². The quantitative estimate of drug-likeness (QED) is 0.556.